The molecule has 2 aromatic rings. The fourth-order valence-electron chi connectivity index (χ4n) is 2.27. The van der Waals surface area contributed by atoms with Crippen LogP contribution in [0.5, 0.6) is 0 Å². The summed E-state index contributed by atoms with van der Waals surface area (Å²) >= 11 is 0. The lowest BCUT2D eigenvalue weighted by Crippen LogP contribution is -2.29. The Morgan fingerprint density at radius 3 is 3.17 bits per heavy atom. The molecule has 1 N–H and O–H groups in total. The van der Waals surface area contributed by atoms with Gasteiger partial charge >= 0.3 is 0 Å². The molecule has 1 amide bonds. The fourth-order valence-corrected chi connectivity index (χ4v) is 2.27. The van der Waals surface area contributed by atoms with Gasteiger partial charge in [-0.25, -0.2) is 4.98 Å². The van der Waals surface area contributed by atoms with Gasteiger partial charge in [0.1, 0.15) is 0 Å². The van der Waals surface area contributed by atoms with Gasteiger partial charge in [-0.2, -0.15) is 0 Å². The molecule has 2 aromatic heterocycles. The summed E-state index contributed by atoms with van der Waals surface area (Å²) < 4.78 is 2.11. The molecular formula is C13H14N4O. The van der Waals surface area contributed by atoms with Gasteiger partial charge in [0.2, 0.25) is 5.91 Å². The van der Waals surface area contributed by atoms with E-state index < -0.39 is 0 Å². The summed E-state index contributed by atoms with van der Waals surface area (Å²) in [4.78, 5) is 20.2. The Balaban J connectivity index is 1.68. The van der Waals surface area contributed by atoms with Gasteiger partial charge in [-0.05, 0) is 18.6 Å². The first-order valence-electron chi connectivity index (χ1n) is 6.03. The number of amides is 1. The zero-order valence-electron chi connectivity index (χ0n) is 9.91. The van der Waals surface area contributed by atoms with Crippen LogP contribution < -0.4 is 5.32 Å². The van der Waals surface area contributed by atoms with Crippen LogP contribution in [0.15, 0.2) is 37.1 Å². The largest absolute Gasteiger partial charge is 0.335 e. The minimum Gasteiger partial charge on any atom is -0.335 e. The van der Waals surface area contributed by atoms with E-state index in [0.717, 1.165) is 30.8 Å². The molecule has 0 aromatic carbocycles. The molecule has 3 rings (SSSR count). The van der Waals surface area contributed by atoms with Crippen LogP contribution in [-0.4, -0.2) is 20.4 Å². The van der Waals surface area contributed by atoms with Crippen LogP contribution in [0.25, 0.3) is 0 Å². The molecule has 5 nitrogen and oxygen atoms in total. The topological polar surface area (TPSA) is 59.8 Å². The number of hydrogen-bond acceptors (Lipinski definition) is 3. The molecule has 18 heavy (non-hydrogen) atoms. The quantitative estimate of drug-likeness (QED) is 0.867. The number of anilines is 1. The molecule has 0 bridgehead atoms. The van der Waals surface area contributed by atoms with Crippen molar-refractivity contribution in [3.05, 3.63) is 42.7 Å². The highest BCUT2D eigenvalue weighted by atomic mass is 16.1. The van der Waals surface area contributed by atoms with Crippen LogP contribution in [0.4, 0.5) is 5.69 Å². The lowest BCUT2D eigenvalue weighted by Gasteiger charge is -2.22. The minimum absolute atomic E-state index is 0.0226. The van der Waals surface area contributed by atoms with Gasteiger partial charge in [0, 0.05) is 37.0 Å². The first-order chi connectivity index (χ1) is 8.83. The Kier molecular flexibility index (Phi) is 2.80. The molecular weight excluding hydrogens is 228 g/mol. The summed E-state index contributed by atoms with van der Waals surface area (Å²) in [5, 5.41) is 2.90. The number of aromatic nitrogens is 3. The molecule has 1 atom stereocenters. The summed E-state index contributed by atoms with van der Waals surface area (Å²) in [5.41, 5.74) is 1.88. The molecule has 0 saturated heterocycles. The number of rotatable bonds is 2. The molecule has 0 radical (unpaired) electrons. The van der Waals surface area contributed by atoms with Gasteiger partial charge in [-0.15, -0.1) is 0 Å². The Labute approximate surface area is 105 Å². The number of carbonyl (C=O) groups excluding carboxylic acids is 1. The van der Waals surface area contributed by atoms with Crippen LogP contribution >= 0.6 is 0 Å². The van der Waals surface area contributed by atoms with Gasteiger partial charge in [-0.3, -0.25) is 9.78 Å². The lowest BCUT2D eigenvalue weighted by molar-refractivity contribution is -0.120. The van der Waals surface area contributed by atoms with Crippen molar-refractivity contribution in [2.24, 2.45) is 5.92 Å². The minimum atomic E-state index is 0.0226. The highest BCUT2D eigenvalue weighted by molar-refractivity contribution is 5.92. The number of aryl methyl sites for hydroxylation is 1. The Bertz CT molecular complexity index is 549. The smallest absolute Gasteiger partial charge is 0.227 e. The van der Waals surface area contributed by atoms with Gasteiger partial charge in [0.05, 0.1) is 18.2 Å². The van der Waals surface area contributed by atoms with E-state index in [1.54, 1.807) is 12.4 Å². The van der Waals surface area contributed by atoms with E-state index in [0.29, 0.717) is 0 Å². The van der Waals surface area contributed by atoms with E-state index >= 15 is 0 Å². The molecule has 5 heteroatoms. The first-order valence-corrected chi connectivity index (χ1v) is 6.03. The molecule has 1 aliphatic heterocycles. The third kappa shape index (κ3) is 2.11. The second-order valence-electron chi connectivity index (χ2n) is 4.50. The molecule has 0 aliphatic carbocycles. The van der Waals surface area contributed by atoms with E-state index in [4.69, 9.17) is 0 Å². The summed E-state index contributed by atoms with van der Waals surface area (Å²) in [7, 11) is 0. The number of carbonyl (C=O) groups is 1. The second kappa shape index (κ2) is 4.60. The van der Waals surface area contributed by atoms with E-state index in [1.807, 2.05) is 24.7 Å². The Morgan fingerprint density at radius 1 is 1.39 bits per heavy atom. The predicted molar refractivity (Wildman–Crippen MR) is 66.9 cm³/mol. The monoisotopic (exact) mass is 242 g/mol. The maximum atomic E-state index is 12.1. The second-order valence-corrected chi connectivity index (χ2v) is 4.50. The number of pyridine rings is 1. The van der Waals surface area contributed by atoms with E-state index in [2.05, 4.69) is 19.9 Å². The van der Waals surface area contributed by atoms with Gasteiger partial charge in [0.25, 0.3) is 0 Å². The maximum Gasteiger partial charge on any atom is 0.227 e. The molecule has 3 heterocycles. The van der Waals surface area contributed by atoms with Crippen LogP contribution in [0.3, 0.4) is 0 Å². The third-order valence-electron chi connectivity index (χ3n) is 3.27. The zero-order valence-corrected chi connectivity index (χ0v) is 9.91. The SMILES string of the molecule is O=C(Nc1cccnc1)C1CCn2cncc2C1. The van der Waals surface area contributed by atoms with Crippen LogP contribution in [0, 0.1) is 5.92 Å². The van der Waals surface area contributed by atoms with Crippen molar-refractivity contribution >= 4 is 11.6 Å². The maximum absolute atomic E-state index is 12.1. The van der Waals surface area contributed by atoms with E-state index in [9.17, 15) is 4.79 Å². The molecule has 0 saturated carbocycles. The summed E-state index contributed by atoms with van der Waals surface area (Å²) in [6, 6.07) is 3.66. The van der Waals surface area contributed by atoms with E-state index in [-0.39, 0.29) is 11.8 Å². The van der Waals surface area contributed by atoms with Crippen molar-refractivity contribution in [1.82, 2.24) is 14.5 Å². The number of fused-ring (bicyclic) bond motifs is 1. The molecule has 92 valence electrons. The van der Waals surface area contributed by atoms with Crippen molar-refractivity contribution in [2.75, 3.05) is 5.32 Å². The summed E-state index contributed by atoms with van der Waals surface area (Å²) in [5.74, 6) is 0.0878. The molecule has 0 spiro atoms. The van der Waals surface area contributed by atoms with Crippen LogP contribution in [0.2, 0.25) is 0 Å². The standard InChI is InChI=1S/C13H14N4O/c18-13(16-11-2-1-4-14-7-11)10-3-5-17-9-15-8-12(17)6-10/h1-2,4,7-10H,3,5-6H2,(H,16,18). The number of nitrogens with zero attached hydrogens (tertiary/aromatic N) is 3. The number of imidazole rings is 1. The van der Waals surface area contributed by atoms with Gasteiger partial charge in [0.15, 0.2) is 0 Å². The first kappa shape index (κ1) is 11.0. The molecule has 1 aliphatic rings. The Morgan fingerprint density at radius 2 is 2.33 bits per heavy atom. The molecule has 1 unspecified atom stereocenters. The Hall–Kier alpha value is -2.17. The van der Waals surface area contributed by atoms with Crippen LogP contribution in [-0.2, 0) is 17.8 Å². The predicted octanol–water partition coefficient (Wildman–Crippen LogP) is 1.48. The van der Waals surface area contributed by atoms with E-state index in [1.165, 1.54) is 0 Å². The van der Waals surface area contributed by atoms with Crippen molar-refractivity contribution in [2.45, 2.75) is 19.4 Å². The highest BCUT2D eigenvalue weighted by Gasteiger charge is 2.24. The molecule has 0 fully saturated rings. The van der Waals surface area contributed by atoms with Gasteiger partial charge < -0.3 is 9.88 Å². The van der Waals surface area contributed by atoms with Crippen molar-refractivity contribution < 1.29 is 4.79 Å². The van der Waals surface area contributed by atoms with Crippen LogP contribution in [0.1, 0.15) is 12.1 Å². The number of nitrogens with one attached hydrogen (secondary N) is 1. The summed E-state index contributed by atoms with van der Waals surface area (Å²) in [6.45, 7) is 0.862. The fraction of sp³-hybridized carbons (Fsp3) is 0.308. The van der Waals surface area contributed by atoms with Crippen molar-refractivity contribution in [1.29, 1.82) is 0 Å². The average molecular weight is 242 g/mol. The summed E-state index contributed by atoms with van der Waals surface area (Å²) in [6.07, 6.45) is 8.62. The normalized spacial score (nSPS) is 18.1. The van der Waals surface area contributed by atoms with Crippen molar-refractivity contribution in [3.63, 3.8) is 0 Å². The van der Waals surface area contributed by atoms with Crippen molar-refractivity contribution in [3.8, 4) is 0 Å². The highest BCUT2D eigenvalue weighted by Crippen LogP contribution is 2.21. The zero-order chi connectivity index (χ0) is 12.4. The lowest BCUT2D eigenvalue weighted by atomic mass is 9.95. The van der Waals surface area contributed by atoms with Gasteiger partial charge in [-0.1, -0.05) is 0 Å². The third-order valence-corrected chi connectivity index (χ3v) is 3.27. The average Bonchev–Trinajstić information content (AvgIpc) is 2.87. The number of hydrogen-bond donors (Lipinski definition) is 1.